The number of hydrogen-bond donors (Lipinski definition) is 2. The molecule has 7 heteroatoms. The summed E-state index contributed by atoms with van der Waals surface area (Å²) in [4.78, 5) is 29.3. The highest BCUT2D eigenvalue weighted by molar-refractivity contribution is 5.94. The number of carbonyl (C=O) groups excluding carboxylic acids is 2. The minimum absolute atomic E-state index is 0.00781. The summed E-state index contributed by atoms with van der Waals surface area (Å²) in [6, 6.07) is 13.3. The van der Waals surface area contributed by atoms with Crippen LogP contribution in [0.3, 0.4) is 0 Å². The summed E-state index contributed by atoms with van der Waals surface area (Å²) in [6.45, 7) is 2.93. The monoisotopic (exact) mass is 393 g/mol. The molecule has 1 aliphatic heterocycles. The molecule has 1 aromatic heterocycles. The van der Waals surface area contributed by atoms with Crippen LogP contribution in [0.1, 0.15) is 12.5 Å². The molecule has 0 saturated carbocycles. The van der Waals surface area contributed by atoms with Crippen LogP contribution in [0.5, 0.6) is 11.5 Å². The lowest BCUT2D eigenvalue weighted by atomic mass is 10.1. The Morgan fingerprint density at radius 1 is 1.10 bits per heavy atom. The fraction of sp³-hybridized carbons (Fsp3) is 0.273. The Morgan fingerprint density at radius 2 is 1.90 bits per heavy atom. The molecule has 0 unspecified atom stereocenters. The second-order valence-electron chi connectivity index (χ2n) is 6.96. The summed E-state index contributed by atoms with van der Waals surface area (Å²) in [5.74, 6) is 0.883. The molecule has 2 heterocycles. The van der Waals surface area contributed by atoms with E-state index < -0.39 is 0 Å². The van der Waals surface area contributed by atoms with Gasteiger partial charge in [0.05, 0.1) is 6.54 Å². The summed E-state index contributed by atoms with van der Waals surface area (Å²) in [5.41, 5.74) is 2.80. The summed E-state index contributed by atoms with van der Waals surface area (Å²) >= 11 is 0. The van der Waals surface area contributed by atoms with E-state index >= 15 is 0 Å². The van der Waals surface area contributed by atoms with Crippen LogP contribution in [0, 0.1) is 0 Å². The van der Waals surface area contributed by atoms with Crippen molar-refractivity contribution in [1.29, 1.82) is 0 Å². The maximum absolute atomic E-state index is 12.5. The SMILES string of the molecule is CC(=O)N(CCc1c[nH]c2ccccc12)CC(=O)Nc1ccc2c(c1)OCCO2. The van der Waals surface area contributed by atoms with Gasteiger partial charge in [-0.05, 0) is 30.2 Å². The standard InChI is InChI=1S/C22H23N3O4/c1-15(26)25(9-8-16-13-23-19-5-3-2-4-18(16)19)14-22(27)24-17-6-7-20-21(12-17)29-11-10-28-20/h2-7,12-13,23H,8-11,14H2,1H3,(H,24,27). The molecule has 0 bridgehead atoms. The number of ether oxygens (including phenoxy) is 2. The minimum Gasteiger partial charge on any atom is -0.486 e. The molecule has 0 spiro atoms. The van der Waals surface area contributed by atoms with Gasteiger partial charge < -0.3 is 24.7 Å². The Kier molecular flexibility index (Phi) is 5.37. The first-order chi connectivity index (χ1) is 14.1. The third kappa shape index (κ3) is 4.34. The summed E-state index contributed by atoms with van der Waals surface area (Å²) < 4.78 is 11.0. The smallest absolute Gasteiger partial charge is 0.243 e. The third-order valence-electron chi connectivity index (χ3n) is 4.93. The average Bonchev–Trinajstić information content (AvgIpc) is 3.14. The van der Waals surface area contributed by atoms with Crippen LogP contribution in [-0.4, -0.2) is 48.0 Å². The van der Waals surface area contributed by atoms with E-state index in [2.05, 4.69) is 10.3 Å². The second kappa shape index (κ2) is 8.26. The van der Waals surface area contributed by atoms with Crippen molar-refractivity contribution in [2.75, 3.05) is 31.6 Å². The number of nitrogens with one attached hydrogen (secondary N) is 2. The van der Waals surface area contributed by atoms with Crippen molar-refractivity contribution in [3.63, 3.8) is 0 Å². The van der Waals surface area contributed by atoms with E-state index in [0.717, 1.165) is 16.5 Å². The fourth-order valence-corrected chi connectivity index (χ4v) is 3.44. The number of anilines is 1. The largest absolute Gasteiger partial charge is 0.486 e. The van der Waals surface area contributed by atoms with Gasteiger partial charge in [-0.25, -0.2) is 0 Å². The molecule has 0 atom stereocenters. The highest BCUT2D eigenvalue weighted by Crippen LogP contribution is 2.32. The van der Waals surface area contributed by atoms with E-state index in [1.54, 1.807) is 23.1 Å². The van der Waals surface area contributed by atoms with E-state index in [9.17, 15) is 9.59 Å². The van der Waals surface area contributed by atoms with Crippen molar-refractivity contribution in [1.82, 2.24) is 9.88 Å². The molecule has 0 saturated heterocycles. The van der Waals surface area contributed by atoms with E-state index in [1.165, 1.54) is 6.92 Å². The van der Waals surface area contributed by atoms with Crippen molar-refractivity contribution >= 4 is 28.4 Å². The summed E-state index contributed by atoms with van der Waals surface area (Å²) in [5, 5.41) is 3.96. The number of aromatic amines is 1. The van der Waals surface area contributed by atoms with Crippen LogP contribution in [0.4, 0.5) is 5.69 Å². The minimum atomic E-state index is -0.254. The van der Waals surface area contributed by atoms with Crippen LogP contribution in [0.15, 0.2) is 48.7 Å². The lowest BCUT2D eigenvalue weighted by molar-refractivity contribution is -0.132. The molecular weight excluding hydrogens is 370 g/mol. The fourth-order valence-electron chi connectivity index (χ4n) is 3.44. The first-order valence-electron chi connectivity index (χ1n) is 9.60. The first kappa shape index (κ1) is 18.9. The predicted molar refractivity (Wildman–Crippen MR) is 110 cm³/mol. The van der Waals surface area contributed by atoms with Crippen LogP contribution < -0.4 is 14.8 Å². The molecule has 0 radical (unpaired) electrons. The molecule has 2 amide bonds. The molecule has 2 aromatic carbocycles. The quantitative estimate of drug-likeness (QED) is 0.674. The van der Waals surface area contributed by atoms with Gasteiger partial charge in [0, 0.05) is 42.3 Å². The number of hydrogen-bond acceptors (Lipinski definition) is 4. The number of rotatable bonds is 6. The maximum Gasteiger partial charge on any atom is 0.243 e. The Balaban J connectivity index is 1.37. The summed E-state index contributed by atoms with van der Waals surface area (Å²) in [6.07, 6.45) is 2.62. The molecule has 29 heavy (non-hydrogen) atoms. The Bertz CT molecular complexity index is 1040. The molecule has 1 aliphatic rings. The molecule has 4 rings (SSSR count). The zero-order chi connectivity index (χ0) is 20.2. The van der Waals surface area contributed by atoms with Gasteiger partial charge in [0.2, 0.25) is 11.8 Å². The van der Waals surface area contributed by atoms with Gasteiger partial charge in [0.15, 0.2) is 11.5 Å². The van der Waals surface area contributed by atoms with Gasteiger partial charge in [-0.3, -0.25) is 9.59 Å². The number of H-pyrrole nitrogens is 1. The number of fused-ring (bicyclic) bond motifs is 2. The maximum atomic E-state index is 12.5. The lowest BCUT2D eigenvalue weighted by Crippen LogP contribution is -2.38. The van der Waals surface area contributed by atoms with Gasteiger partial charge in [-0.15, -0.1) is 0 Å². The van der Waals surface area contributed by atoms with Gasteiger partial charge in [0.25, 0.3) is 0 Å². The van der Waals surface area contributed by atoms with Crippen molar-refractivity contribution in [3.8, 4) is 11.5 Å². The number of nitrogens with zero attached hydrogens (tertiary/aromatic N) is 1. The molecule has 150 valence electrons. The van der Waals surface area contributed by atoms with Gasteiger partial charge in [0.1, 0.15) is 13.2 Å². The normalized spacial score (nSPS) is 12.6. The zero-order valence-electron chi connectivity index (χ0n) is 16.2. The Hall–Kier alpha value is -3.48. The van der Waals surface area contributed by atoms with Crippen molar-refractivity contribution in [2.24, 2.45) is 0 Å². The predicted octanol–water partition coefficient (Wildman–Crippen LogP) is 2.97. The number of para-hydroxylation sites is 1. The zero-order valence-corrected chi connectivity index (χ0v) is 16.2. The van der Waals surface area contributed by atoms with Crippen molar-refractivity contribution in [2.45, 2.75) is 13.3 Å². The highest BCUT2D eigenvalue weighted by atomic mass is 16.6. The summed E-state index contributed by atoms with van der Waals surface area (Å²) in [7, 11) is 0. The van der Waals surface area contributed by atoms with Crippen LogP contribution >= 0.6 is 0 Å². The van der Waals surface area contributed by atoms with E-state index in [1.807, 2.05) is 30.5 Å². The van der Waals surface area contributed by atoms with E-state index in [0.29, 0.717) is 43.4 Å². The lowest BCUT2D eigenvalue weighted by Gasteiger charge is -2.21. The van der Waals surface area contributed by atoms with Crippen LogP contribution in [0.2, 0.25) is 0 Å². The van der Waals surface area contributed by atoms with Crippen molar-refractivity contribution in [3.05, 3.63) is 54.2 Å². The molecular formula is C22H23N3O4. The number of aromatic nitrogens is 1. The number of carbonyl (C=O) groups is 2. The third-order valence-corrected chi connectivity index (χ3v) is 4.93. The van der Waals surface area contributed by atoms with Gasteiger partial charge in [-0.2, -0.15) is 0 Å². The number of amides is 2. The second-order valence-corrected chi connectivity index (χ2v) is 6.96. The van der Waals surface area contributed by atoms with E-state index in [-0.39, 0.29) is 18.4 Å². The van der Waals surface area contributed by atoms with Gasteiger partial charge in [-0.1, -0.05) is 18.2 Å². The molecule has 0 fully saturated rings. The van der Waals surface area contributed by atoms with Crippen LogP contribution in [-0.2, 0) is 16.0 Å². The molecule has 2 N–H and O–H groups in total. The van der Waals surface area contributed by atoms with E-state index in [4.69, 9.17) is 9.47 Å². The average molecular weight is 393 g/mol. The molecule has 3 aromatic rings. The Labute approximate surface area is 168 Å². The van der Waals surface area contributed by atoms with Crippen molar-refractivity contribution < 1.29 is 19.1 Å². The molecule has 7 nitrogen and oxygen atoms in total. The number of benzene rings is 2. The topological polar surface area (TPSA) is 83.7 Å². The first-order valence-corrected chi connectivity index (χ1v) is 9.60. The van der Waals surface area contributed by atoms with Gasteiger partial charge >= 0.3 is 0 Å². The highest BCUT2D eigenvalue weighted by Gasteiger charge is 2.16. The molecule has 0 aliphatic carbocycles. The Morgan fingerprint density at radius 3 is 2.72 bits per heavy atom. The van der Waals surface area contributed by atoms with Crippen LogP contribution in [0.25, 0.3) is 10.9 Å².